The lowest BCUT2D eigenvalue weighted by Gasteiger charge is -2.22. The topological polar surface area (TPSA) is 98.4 Å². The molecule has 0 radical (unpaired) electrons. The number of hydrogen-bond donors (Lipinski definition) is 3. The second-order valence-electron chi connectivity index (χ2n) is 6.48. The summed E-state index contributed by atoms with van der Waals surface area (Å²) in [4.78, 5) is 19.1. The largest absolute Gasteiger partial charge is 0.355 e. The van der Waals surface area contributed by atoms with Gasteiger partial charge in [-0.3, -0.25) is 5.10 Å². The molecular formula is C18H17BrN8. The van der Waals surface area contributed by atoms with Gasteiger partial charge in [-0.05, 0) is 34.1 Å². The van der Waals surface area contributed by atoms with Crippen LogP contribution in [0.3, 0.4) is 0 Å². The standard InChI is InChI=1S/C18H17BrN8/c19-13-9-20-18(24-12-2-1-11-8-23-26-16(11)7-12)25-17(13)27-5-3-14-15(4-6-27)22-10-21-14/h1-2,7-10H,3-6H2,(H,21,22)(H,23,26)(H,20,24,25). The summed E-state index contributed by atoms with van der Waals surface area (Å²) in [6.07, 6.45) is 7.19. The van der Waals surface area contributed by atoms with E-state index in [1.54, 1.807) is 18.7 Å². The molecular weight excluding hydrogens is 408 g/mol. The molecule has 9 heteroatoms. The average molecular weight is 425 g/mol. The maximum atomic E-state index is 4.75. The third-order valence-corrected chi connectivity index (χ3v) is 5.34. The molecule has 0 saturated heterocycles. The van der Waals surface area contributed by atoms with Crippen LogP contribution in [0.25, 0.3) is 10.9 Å². The van der Waals surface area contributed by atoms with Gasteiger partial charge in [0.05, 0.1) is 28.2 Å². The maximum Gasteiger partial charge on any atom is 0.229 e. The Bertz CT molecular complexity index is 1080. The Morgan fingerprint density at radius 2 is 2.04 bits per heavy atom. The normalized spacial score (nSPS) is 14.2. The number of hydrogen-bond acceptors (Lipinski definition) is 6. The zero-order valence-electron chi connectivity index (χ0n) is 14.4. The molecule has 1 aliphatic rings. The van der Waals surface area contributed by atoms with Crippen LogP contribution >= 0.6 is 15.9 Å². The third-order valence-electron chi connectivity index (χ3n) is 4.78. The number of nitrogens with zero attached hydrogens (tertiary/aromatic N) is 5. The Morgan fingerprint density at radius 3 is 3.00 bits per heavy atom. The van der Waals surface area contributed by atoms with Crippen LogP contribution in [0, 0.1) is 0 Å². The first-order valence-electron chi connectivity index (χ1n) is 8.75. The number of imidazole rings is 1. The van der Waals surface area contributed by atoms with Gasteiger partial charge >= 0.3 is 0 Å². The second kappa shape index (κ2) is 6.66. The van der Waals surface area contributed by atoms with Gasteiger partial charge in [0.15, 0.2) is 0 Å². The van der Waals surface area contributed by atoms with Gasteiger partial charge in [-0.15, -0.1) is 0 Å². The maximum absolute atomic E-state index is 4.75. The first-order chi connectivity index (χ1) is 13.3. The van der Waals surface area contributed by atoms with E-state index in [9.17, 15) is 0 Å². The molecule has 1 aliphatic heterocycles. The first-order valence-corrected chi connectivity index (χ1v) is 9.54. The average Bonchev–Trinajstić information content (AvgIpc) is 3.28. The predicted molar refractivity (Wildman–Crippen MR) is 107 cm³/mol. The minimum Gasteiger partial charge on any atom is -0.355 e. The highest BCUT2D eigenvalue weighted by molar-refractivity contribution is 9.10. The highest BCUT2D eigenvalue weighted by atomic mass is 79.9. The number of halogens is 1. The molecule has 0 bridgehead atoms. The summed E-state index contributed by atoms with van der Waals surface area (Å²) in [5.41, 5.74) is 4.25. The lowest BCUT2D eigenvalue weighted by Crippen LogP contribution is -2.27. The highest BCUT2D eigenvalue weighted by Gasteiger charge is 2.19. The zero-order valence-corrected chi connectivity index (χ0v) is 16.0. The smallest absolute Gasteiger partial charge is 0.229 e. The molecule has 0 spiro atoms. The summed E-state index contributed by atoms with van der Waals surface area (Å²) in [6.45, 7) is 1.75. The second-order valence-corrected chi connectivity index (χ2v) is 7.33. The number of aromatic nitrogens is 6. The molecule has 4 aromatic rings. The van der Waals surface area contributed by atoms with Gasteiger partial charge in [0.1, 0.15) is 5.82 Å². The Hall–Kier alpha value is -2.94. The van der Waals surface area contributed by atoms with Gasteiger partial charge in [-0.1, -0.05) is 0 Å². The Kier molecular flexibility index (Phi) is 4.01. The van der Waals surface area contributed by atoms with Crippen molar-refractivity contribution in [1.82, 2.24) is 30.1 Å². The molecule has 5 rings (SSSR count). The van der Waals surface area contributed by atoms with Crippen LogP contribution in [-0.2, 0) is 12.8 Å². The fourth-order valence-corrected chi connectivity index (χ4v) is 3.82. The number of anilines is 3. The van der Waals surface area contributed by atoms with Gasteiger partial charge in [0.25, 0.3) is 0 Å². The molecule has 3 aromatic heterocycles. The Morgan fingerprint density at radius 1 is 1.11 bits per heavy atom. The lowest BCUT2D eigenvalue weighted by atomic mass is 10.2. The molecule has 0 saturated carbocycles. The van der Waals surface area contributed by atoms with Crippen molar-refractivity contribution in [1.29, 1.82) is 0 Å². The molecule has 27 heavy (non-hydrogen) atoms. The van der Waals surface area contributed by atoms with E-state index in [2.05, 4.69) is 51.3 Å². The van der Waals surface area contributed by atoms with Crippen LogP contribution in [0.2, 0.25) is 0 Å². The van der Waals surface area contributed by atoms with E-state index in [4.69, 9.17) is 4.98 Å². The Labute approximate surface area is 163 Å². The van der Waals surface area contributed by atoms with Crippen molar-refractivity contribution < 1.29 is 0 Å². The fourth-order valence-electron chi connectivity index (χ4n) is 3.38. The molecule has 4 heterocycles. The van der Waals surface area contributed by atoms with E-state index in [1.165, 1.54) is 5.69 Å². The van der Waals surface area contributed by atoms with Crippen LogP contribution < -0.4 is 10.2 Å². The summed E-state index contributed by atoms with van der Waals surface area (Å²) in [7, 11) is 0. The third kappa shape index (κ3) is 3.14. The van der Waals surface area contributed by atoms with Gasteiger partial charge in [0.2, 0.25) is 5.95 Å². The number of benzene rings is 1. The van der Waals surface area contributed by atoms with Gasteiger partial charge in [-0.2, -0.15) is 10.1 Å². The molecule has 0 unspecified atom stereocenters. The van der Waals surface area contributed by atoms with Crippen molar-refractivity contribution in [3.8, 4) is 0 Å². The monoisotopic (exact) mass is 424 g/mol. The van der Waals surface area contributed by atoms with Crippen LogP contribution in [0.4, 0.5) is 17.5 Å². The summed E-state index contributed by atoms with van der Waals surface area (Å²) in [5, 5.41) is 11.4. The molecule has 0 aliphatic carbocycles. The van der Waals surface area contributed by atoms with E-state index in [0.29, 0.717) is 5.95 Å². The molecule has 1 aromatic carbocycles. The highest BCUT2D eigenvalue weighted by Crippen LogP contribution is 2.27. The first kappa shape index (κ1) is 16.2. The van der Waals surface area contributed by atoms with Crippen molar-refractivity contribution in [2.24, 2.45) is 0 Å². The van der Waals surface area contributed by atoms with Crippen LogP contribution in [0.15, 0.2) is 41.4 Å². The summed E-state index contributed by atoms with van der Waals surface area (Å²) >= 11 is 3.60. The predicted octanol–water partition coefficient (Wildman–Crippen LogP) is 3.19. The van der Waals surface area contributed by atoms with E-state index in [0.717, 1.165) is 58.5 Å². The van der Waals surface area contributed by atoms with Crippen LogP contribution in [0.1, 0.15) is 11.4 Å². The van der Waals surface area contributed by atoms with Gasteiger partial charge < -0.3 is 15.2 Å². The van der Waals surface area contributed by atoms with E-state index >= 15 is 0 Å². The SMILES string of the molecule is Brc1cnc(Nc2ccc3cn[nH]c3c2)nc1N1CCc2nc[nH]c2CC1. The van der Waals surface area contributed by atoms with Crippen molar-refractivity contribution in [2.75, 3.05) is 23.3 Å². The molecule has 8 nitrogen and oxygen atoms in total. The molecule has 0 fully saturated rings. The van der Waals surface area contributed by atoms with E-state index in [-0.39, 0.29) is 0 Å². The number of nitrogens with one attached hydrogen (secondary N) is 3. The summed E-state index contributed by atoms with van der Waals surface area (Å²) in [5.74, 6) is 1.45. The van der Waals surface area contributed by atoms with Crippen LogP contribution in [-0.4, -0.2) is 43.2 Å². The number of rotatable bonds is 3. The lowest BCUT2D eigenvalue weighted by molar-refractivity contribution is 0.776. The summed E-state index contributed by atoms with van der Waals surface area (Å²) < 4.78 is 0.885. The number of aromatic amines is 2. The van der Waals surface area contributed by atoms with Crippen molar-refractivity contribution in [3.05, 3.63) is 52.8 Å². The zero-order chi connectivity index (χ0) is 18.2. The van der Waals surface area contributed by atoms with Crippen molar-refractivity contribution in [2.45, 2.75) is 12.8 Å². The molecule has 0 amide bonds. The number of fused-ring (bicyclic) bond motifs is 2. The molecule has 0 atom stereocenters. The Balaban J connectivity index is 1.40. The van der Waals surface area contributed by atoms with E-state index in [1.807, 2.05) is 18.2 Å². The van der Waals surface area contributed by atoms with Crippen molar-refractivity contribution in [3.63, 3.8) is 0 Å². The minimum absolute atomic E-state index is 0.563. The van der Waals surface area contributed by atoms with Gasteiger partial charge in [0, 0.05) is 48.9 Å². The number of H-pyrrole nitrogens is 2. The minimum atomic E-state index is 0.563. The fraction of sp³-hybridized carbons (Fsp3) is 0.222. The van der Waals surface area contributed by atoms with Crippen molar-refractivity contribution >= 4 is 44.3 Å². The quantitative estimate of drug-likeness (QED) is 0.467. The molecule has 3 N–H and O–H groups in total. The molecule has 136 valence electrons. The van der Waals surface area contributed by atoms with Gasteiger partial charge in [-0.25, -0.2) is 9.97 Å². The summed E-state index contributed by atoms with van der Waals surface area (Å²) in [6, 6.07) is 6.00. The van der Waals surface area contributed by atoms with E-state index < -0.39 is 0 Å². The van der Waals surface area contributed by atoms with Crippen LogP contribution in [0.5, 0.6) is 0 Å².